The summed E-state index contributed by atoms with van der Waals surface area (Å²) >= 11 is 0.822. The lowest BCUT2D eigenvalue weighted by Crippen LogP contribution is -2.16. The Kier molecular flexibility index (Phi) is 8.20. The van der Waals surface area contributed by atoms with Crippen molar-refractivity contribution in [2.75, 3.05) is 11.9 Å². The number of fused-ring (bicyclic) bond motifs is 1. The second kappa shape index (κ2) is 12.0. The van der Waals surface area contributed by atoms with Gasteiger partial charge in [0.05, 0.1) is 18.5 Å². The Labute approximate surface area is 243 Å². The molecule has 42 heavy (non-hydrogen) atoms. The smallest absolute Gasteiger partial charge is 0.291 e. The molecule has 1 aromatic carbocycles. The first-order valence-corrected chi connectivity index (χ1v) is 13.9. The molecule has 0 aliphatic carbocycles. The molecular weight excluding hydrogens is 568 g/mol. The van der Waals surface area contributed by atoms with Gasteiger partial charge < -0.3 is 24.9 Å². The van der Waals surface area contributed by atoms with Gasteiger partial charge in [0.15, 0.2) is 5.76 Å². The Hall–Kier alpha value is -4.78. The lowest BCUT2D eigenvalue weighted by atomic mass is 10.0. The fourth-order valence-corrected chi connectivity index (χ4v) is 5.48. The van der Waals surface area contributed by atoms with Crippen LogP contribution in [0, 0.1) is 6.92 Å². The molecule has 5 rings (SSSR count). The van der Waals surface area contributed by atoms with Gasteiger partial charge in [-0.05, 0) is 68.8 Å². The predicted octanol–water partition coefficient (Wildman–Crippen LogP) is 6.35. The van der Waals surface area contributed by atoms with E-state index in [-0.39, 0.29) is 27.8 Å². The molecule has 0 unspecified atom stereocenters. The first-order valence-electron chi connectivity index (χ1n) is 13.0. The normalized spacial score (nSPS) is 11.3. The van der Waals surface area contributed by atoms with Crippen LogP contribution in [0.3, 0.4) is 0 Å². The van der Waals surface area contributed by atoms with Crippen LogP contribution in [0.5, 0.6) is 11.5 Å². The fourth-order valence-electron chi connectivity index (χ4n) is 4.47. The van der Waals surface area contributed by atoms with E-state index >= 15 is 0 Å². The maximum Gasteiger partial charge on any atom is 0.291 e. The number of aryl methyl sites for hydroxylation is 1. The Morgan fingerprint density at radius 1 is 1.10 bits per heavy atom. The molecule has 13 heteroatoms. The highest BCUT2D eigenvalue weighted by atomic mass is 32.1. The van der Waals surface area contributed by atoms with E-state index in [4.69, 9.17) is 19.6 Å². The number of nitrogens with one attached hydrogen (secondary N) is 1. The number of carbonyl (C=O) groups excluding carboxylic acids is 2. The summed E-state index contributed by atoms with van der Waals surface area (Å²) in [6.07, 6.45) is -1.31. The number of nitrogens with two attached hydrogens (primary N) is 1. The van der Waals surface area contributed by atoms with Gasteiger partial charge in [0.2, 0.25) is 0 Å². The largest absolute Gasteiger partial charge is 0.494 e. The van der Waals surface area contributed by atoms with E-state index in [2.05, 4.69) is 15.4 Å². The van der Waals surface area contributed by atoms with E-state index in [9.17, 15) is 18.4 Å². The number of primary amides is 1. The standard InChI is InChI=1S/C29H27F2N5O5S/c1-4-36-15(3)20(13-33-36)19-12-21(26(30)31)34-29-23(19)24(25(42-29)27(32)37)35-28(38)22-11-10-18(41-22)14-40-17-8-6-16(7-9-17)39-5-2/h6-13,26H,4-5,14H2,1-3H3,(H2,32,37)(H,35,38). The van der Waals surface area contributed by atoms with Gasteiger partial charge >= 0.3 is 0 Å². The molecule has 4 heterocycles. The van der Waals surface area contributed by atoms with Crippen LogP contribution in [0.15, 0.2) is 53.1 Å². The van der Waals surface area contributed by atoms with Crippen LogP contribution in [0.1, 0.15) is 57.6 Å². The zero-order chi connectivity index (χ0) is 30.0. The highest BCUT2D eigenvalue weighted by molar-refractivity contribution is 7.21. The van der Waals surface area contributed by atoms with Crippen molar-refractivity contribution < 1.29 is 32.3 Å². The molecule has 4 aromatic heterocycles. The van der Waals surface area contributed by atoms with E-state index in [1.54, 1.807) is 48.1 Å². The van der Waals surface area contributed by atoms with Crippen LogP contribution in [0.25, 0.3) is 21.3 Å². The SMILES string of the molecule is CCOc1ccc(OCc2ccc(C(=O)Nc3c(C(N)=O)sc4nc(C(F)F)cc(-c5cnn(CC)c5C)c34)o2)cc1. The number of furan rings is 1. The van der Waals surface area contributed by atoms with Crippen LogP contribution >= 0.6 is 11.3 Å². The molecule has 0 saturated heterocycles. The Bertz CT molecular complexity index is 1760. The summed E-state index contributed by atoms with van der Waals surface area (Å²) in [5, 5.41) is 7.33. The summed E-state index contributed by atoms with van der Waals surface area (Å²) in [6.45, 7) is 6.77. The summed E-state index contributed by atoms with van der Waals surface area (Å²) in [5.74, 6) is 0.115. The molecule has 0 fully saturated rings. The first kappa shape index (κ1) is 28.7. The Balaban J connectivity index is 1.46. The number of thiophene rings is 1. The van der Waals surface area contributed by atoms with E-state index in [1.165, 1.54) is 12.1 Å². The van der Waals surface area contributed by atoms with Crippen molar-refractivity contribution in [2.45, 2.75) is 40.3 Å². The second-order valence-electron chi connectivity index (χ2n) is 9.12. The molecule has 5 aromatic rings. The lowest BCUT2D eigenvalue weighted by Gasteiger charge is -2.10. The second-order valence-corrected chi connectivity index (χ2v) is 10.1. The zero-order valence-corrected chi connectivity index (χ0v) is 23.8. The third-order valence-corrected chi connectivity index (χ3v) is 7.56. The van der Waals surface area contributed by atoms with Crippen molar-refractivity contribution in [3.63, 3.8) is 0 Å². The molecule has 10 nitrogen and oxygen atoms in total. The van der Waals surface area contributed by atoms with Crippen LogP contribution in [-0.4, -0.2) is 33.2 Å². The van der Waals surface area contributed by atoms with Crippen LogP contribution in [0.4, 0.5) is 14.5 Å². The van der Waals surface area contributed by atoms with Gasteiger partial charge in [-0.2, -0.15) is 5.10 Å². The average molecular weight is 596 g/mol. The molecule has 0 radical (unpaired) electrons. The van der Waals surface area contributed by atoms with Gasteiger partial charge in [0, 0.05) is 23.2 Å². The molecule has 0 spiro atoms. The number of nitrogens with zero attached hydrogens (tertiary/aromatic N) is 3. The minimum atomic E-state index is -2.86. The highest BCUT2D eigenvalue weighted by Gasteiger charge is 2.27. The van der Waals surface area contributed by atoms with Crippen molar-refractivity contribution in [1.82, 2.24) is 14.8 Å². The number of carbonyl (C=O) groups is 2. The maximum atomic E-state index is 13.8. The molecule has 0 atom stereocenters. The third-order valence-electron chi connectivity index (χ3n) is 6.46. The van der Waals surface area contributed by atoms with Gasteiger partial charge in [0.25, 0.3) is 18.2 Å². The van der Waals surface area contributed by atoms with E-state index in [0.29, 0.717) is 41.2 Å². The minimum absolute atomic E-state index is 0.0373. The summed E-state index contributed by atoms with van der Waals surface area (Å²) in [5.41, 5.74) is 6.85. The number of hydrogen-bond acceptors (Lipinski definition) is 8. The van der Waals surface area contributed by atoms with Crippen LogP contribution in [-0.2, 0) is 13.2 Å². The number of alkyl halides is 2. The third kappa shape index (κ3) is 5.68. The molecule has 218 valence electrons. The monoisotopic (exact) mass is 595 g/mol. The first-order chi connectivity index (χ1) is 20.2. The summed E-state index contributed by atoms with van der Waals surface area (Å²) < 4.78 is 46.2. The van der Waals surface area contributed by atoms with E-state index in [0.717, 1.165) is 22.8 Å². The average Bonchev–Trinajstić information content (AvgIpc) is 3.69. The number of pyridine rings is 1. The Morgan fingerprint density at radius 2 is 1.81 bits per heavy atom. The van der Waals surface area contributed by atoms with Crippen LogP contribution in [0.2, 0.25) is 0 Å². The lowest BCUT2D eigenvalue weighted by molar-refractivity contribution is 0.0992. The number of hydrogen-bond donors (Lipinski definition) is 2. The zero-order valence-electron chi connectivity index (χ0n) is 22.9. The summed E-state index contributed by atoms with van der Waals surface area (Å²) in [6, 6.07) is 11.4. The molecule has 0 aliphatic rings. The quantitative estimate of drug-likeness (QED) is 0.182. The van der Waals surface area contributed by atoms with Crippen LogP contribution < -0.4 is 20.5 Å². The minimum Gasteiger partial charge on any atom is -0.494 e. The van der Waals surface area contributed by atoms with Crippen molar-refractivity contribution in [3.8, 4) is 22.6 Å². The van der Waals surface area contributed by atoms with E-state index < -0.39 is 23.9 Å². The van der Waals surface area contributed by atoms with Crippen molar-refractivity contribution >= 4 is 39.1 Å². The van der Waals surface area contributed by atoms with Gasteiger partial charge in [-0.15, -0.1) is 11.3 Å². The molecular formula is C29H27F2N5O5S. The van der Waals surface area contributed by atoms with Crippen molar-refractivity contribution in [1.29, 1.82) is 0 Å². The molecule has 0 saturated carbocycles. The summed E-state index contributed by atoms with van der Waals surface area (Å²) in [7, 11) is 0. The van der Waals surface area contributed by atoms with Gasteiger partial charge in [-0.1, -0.05) is 0 Å². The van der Waals surface area contributed by atoms with Gasteiger partial charge in [-0.25, -0.2) is 13.8 Å². The highest BCUT2D eigenvalue weighted by Crippen LogP contribution is 2.43. The van der Waals surface area contributed by atoms with E-state index in [1.807, 2.05) is 13.8 Å². The number of halogens is 2. The topological polar surface area (TPSA) is 134 Å². The molecule has 2 amide bonds. The number of aromatic nitrogens is 3. The number of rotatable bonds is 11. The predicted molar refractivity (Wildman–Crippen MR) is 153 cm³/mol. The van der Waals surface area contributed by atoms with Crippen molar-refractivity contribution in [2.24, 2.45) is 5.73 Å². The number of amides is 2. The number of anilines is 1. The number of ether oxygens (including phenoxy) is 2. The molecule has 0 bridgehead atoms. The maximum absolute atomic E-state index is 13.8. The molecule has 0 aliphatic heterocycles. The number of benzene rings is 1. The van der Waals surface area contributed by atoms with Crippen molar-refractivity contribution in [3.05, 3.63) is 76.4 Å². The summed E-state index contributed by atoms with van der Waals surface area (Å²) in [4.78, 5) is 29.9. The van der Waals surface area contributed by atoms with Gasteiger partial charge in [0.1, 0.15) is 39.3 Å². The molecule has 3 N–H and O–H groups in total. The van der Waals surface area contributed by atoms with Gasteiger partial charge in [-0.3, -0.25) is 14.3 Å². The Morgan fingerprint density at radius 3 is 2.43 bits per heavy atom. The fraction of sp³-hybridized carbons (Fsp3) is 0.241.